The molecule has 4 aliphatic carbocycles. The van der Waals surface area contributed by atoms with Gasteiger partial charge in [-0.25, -0.2) is 0 Å². The number of carbonyl (C=O) groups is 2. The molecule has 28 heavy (non-hydrogen) atoms. The van der Waals surface area contributed by atoms with Crippen LogP contribution in [-0.4, -0.2) is 47.9 Å². The average Bonchev–Trinajstić information content (AvgIpc) is 2.96. The number of likely N-dealkylation sites (tertiary alicyclic amines) is 1. The van der Waals surface area contributed by atoms with E-state index in [1.54, 1.807) is 0 Å². The molecular weight excluding hydrogens is 350 g/mol. The lowest BCUT2D eigenvalue weighted by atomic mass is 9.49. The Labute approximate surface area is 169 Å². The maximum Gasteiger partial charge on any atom is 0.245 e. The third kappa shape index (κ3) is 3.28. The van der Waals surface area contributed by atoms with Crippen LogP contribution in [0.25, 0.3) is 0 Å². The molecule has 2 amide bonds. The van der Waals surface area contributed by atoms with Crippen LogP contribution in [0.15, 0.2) is 0 Å². The standard InChI is InChI=1S/C23H37N3O2/c1-14(2)20(21(27)26-6-5-18-3-4-19(13-26)24-18)25-22(28)23-10-15-7-16(11-23)9-17(8-15)12-23/h14-20,24H,3-13H2,1-2H3,(H,25,28). The number of rotatable bonds is 4. The van der Waals surface area contributed by atoms with Crippen molar-refractivity contribution in [1.29, 1.82) is 0 Å². The van der Waals surface area contributed by atoms with Gasteiger partial charge in [0, 0.05) is 30.6 Å². The second kappa shape index (κ2) is 7.00. The van der Waals surface area contributed by atoms with Gasteiger partial charge in [0.2, 0.25) is 11.8 Å². The first-order chi connectivity index (χ1) is 13.4. The smallest absolute Gasteiger partial charge is 0.245 e. The Balaban J connectivity index is 1.29. The van der Waals surface area contributed by atoms with Crippen molar-refractivity contribution in [2.24, 2.45) is 29.1 Å². The number of nitrogens with one attached hydrogen (secondary N) is 2. The first-order valence-corrected chi connectivity index (χ1v) is 11.8. The summed E-state index contributed by atoms with van der Waals surface area (Å²) in [6.45, 7) is 5.77. The van der Waals surface area contributed by atoms with E-state index < -0.39 is 0 Å². The molecule has 6 aliphatic rings. The predicted octanol–water partition coefficient (Wildman–Crippen LogP) is 2.70. The largest absolute Gasteiger partial charge is 0.344 e. The highest BCUT2D eigenvalue weighted by Gasteiger charge is 2.55. The molecule has 2 saturated heterocycles. The number of amides is 2. The van der Waals surface area contributed by atoms with Gasteiger partial charge < -0.3 is 15.5 Å². The zero-order valence-corrected chi connectivity index (χ0v) is 17.6. The van der Waals surface area contributed by atoms with E-state index in [2.05, 4.69) is 24.5 Å². The lowest BCUT2D eigenvalue weighted by Gasteiger charge is -2.56. The van der Waals surface area contributed by atoms with Gasteiger partial charge in [-0.2, -0.15) is 0 Å². The number of hydrogen-bond acceptors (Lipinski definition) is 3. The van der Waals surface area contributed by atoms with Crippen molar-refractivity contribution in [2.75, 3.05) is 13.1 Å². The third-order valence-electron chi connectivity index (χ3n) is 8.57. The molecule has 0 aromatic carbocycles. The van der Waals surface area contributed by atoms with Crippen molar-refractivity contribution in [3.63, 3.8) is 0 Å². The molecule has 156 valence electrons. The van der Waals surface area contributed by atoms with Crippen LogP contribution in [0.5, 0.6) is 0 Å². The Bertz CT molecular complexity index is 610. The van der Waals surface area contributed by atoms with Crippen molar-refractivity contribution < 1.29 is 9.59 Å². The van der Waals surface area contributed by atoms with Crippen molar-refractivity contribution in [2.45, 2.75) is 89.8 Å². The minimum Gasteiger partial charge on any atom is -0.344 e. The SMILES string of the molecule is CC(C)C(NC(=O)C12CC3CC(CC(C3)C1)C2)C(=O)N1CCC2CCC(C1)N2. The Morgan fingerprint density at radius 3 is 2.18 bits per heavy atom. The van der Waals surface area contributed by atoms with Crippen molar-refractivity contribution in [3.05, 3.63) is 0 Å². The first kappa shape index (κ1) is 18.9. The maximum atomic E-state index is 13.5. The molecule has 5 heteroatoms. The van der Waals surface area contributed by atoms with Gasteiger partial charge in [-0.3, -0.25) is 9.59 Å². The third-order valence-corrected chi connectivity index (χ3v) is 8.57. The second-order valence-corrected chi connectivity index (χ2v) is 11.1. The second-order valence-electron chi connectivity index (χ2n) is 11.1. The van der Waals surface area contributed by atoms with Gasteiger partial charge in [0.25, 0.3) is 0 Å². The fourth-order valence-corrected chi connectivity index (χ4v) is 7.54. The van der Waals surface area contributed by atoms with Crippen LogP contribution >= 0.6 is 0 Å². The highest BCUT2D eigenvalue weighted by atomic mass is 16.2. The molecule has 0 spiro atoms. The highest BCUT2D eigenvalue weighted by Crippen LogP contribution is 2.60. The van der Waals surface area contributed by atoms with Gasteiger partial charge in [-0.15, -0.1) is 0 Å². The van der Waals surface area contributed by atoms with E-state index >= 15 is 0 Å². The molecule has 0 aromatic rings. The maximum absolute atomic E-state index is 13.5. The first-order valence-electron chi connectivity index (χ1n) is 11.8. The van der Waals surface area contributed by atoms with Crippen LogP contribution in [-0.2, 0) is 9.59 Å². The van der Waals surface area contributed by atoms with E-state index in [4.69, 9.17) is 0 Å². The molecule has 6 fully saturated rings. The van der Waals surface area contributed by atoms with Gasteiger partial charge in [-0.1, -0.05) is 13.8 Å². The summed E-state index contributed by atoms with van der Waals surface area (Å²) < 4.78 is 0. The van der Waals surface area contributed by atoms with Crippen LogP contribution in [0.4, 0.5) is 0 Å². The van der Waals surface area contributed by atoms with Gasteiger partial charge in [0.15, 0.2) is 0 Å². The van der Waals surface area contributed by atoms with Crippen LogP contribution in [0.1, 0.15) is 71.6 Å². The van der Waals surface area contributed by atoms with Gasteiger partial charge in [-0.05, 0) is 81.5 Å². The predicted molar refractivity (Wildman–Crippen MR) is 109 cm³/mol. The van der Waals surface area contributed by atoms with Crippen molar-refractivity contribution in [1.82, 2.24) is 15.5 Å². The molecular formula is C23H37N3O2. The summed E-state index contributed by atoms with van der Waals surface area (Å²) in [4.78, 5) is 28.9. The van der Waals surface area contributed by atoms with E-state index in [0.29, 0.717) is 12.1 Å². The molecule has 3 atom stereocenters. The van der Waals surface area contributed by atoms with Crippen LogP contribution in [0.3, 0.4) is 0 Å². The molecule has 0 radical (unpaired) electrons. The summed E-state index contributed by atoms with van der Waals surface area (Å²) in [6, 6.07) is 0.627. The normalized spacial score (nSPS) is 42.5. The fourth-order valence-electron chi connectivity index (χ4n) is 7.54. The molecule has 2 aliphatic heterocycles. The molecule has 6 bridgehead atoms. The van der Waals surface area contributed by atoms with E-state index in [9.17, 15) is 9.59 Å². The lowest BCUT2D eigenvalue weighted by molar-refractivity contribution is -0.150. The Kier molecular flexibility index (Phi) is 4.72. The molecule has 2 N–H and O–H groups in total. The monoisotopic (exact) mass is 387 g/mol. The van der Waals surface area contributed by atoms with Crippen LogP contribution in [0, 0.1) is 29.1 Å². The summed E-state index contributed by atoms with van der Waals surface area (Å²) in [5.41, 5.74) is -0.179. The molecule has 2 heterocycles. The average molecular weight is 388 g/mol. The van der Waals surface area contributed by atoms with Crippen molar-refractivity contribution >= 4 is 11.8 Å². The molecule has 5 nitrogen and oxygen atoms in total. The van der Waals surface area contributed by atoms with Gasteiger partial charge in [0.05, 0.1) is 0 Å². The Hall–Kier alpha value is -1.10. The van der Waals surface area contributed by atoms with Crippen molar-refractivity contribution in [3.8, 4) is 0 Å². The number of fused-ring (bicyclic) bond motifs is 2. The topological polar surface area (TPSA) is 61.4 Å². The highest BCUT2D eigenvalue weighted by molar-refractivity contribution is 5.90. The Morgan fingerprint density at radius 1 is 0.964 bits per heavy atom. The van der Waals surface area contributed by atoms with Gasteiger partial charge in [0.1, 0.15) is 6.04 Å². The fraction of sp³-hybridized carbons (Fsp3) is 0.913. The minimum atomic E-state index is -0.378. The van der Waals surface area contributed by atoms with Crippen LogP contribution in [0.2, 0.25) is 0 Å². The number of nitrogens with zero attached hydrogens (tertiary/aromatic N) is 1. The summed E-state index contributed by atoms with van der Waals surface area (Å²) >= 11 is 0. The van der Waals surface area contributed by atoms with E-state index in [0.717, 1.165) is 56.5 Å². The Morgan fingerprint density at radius 2 is 1.57 bits per heavy atom. The summed E-state index contributed by atoms with van der Waals surface area (Å²) in [5.74, 6) is 2.70. The summed E-state index contributed by atoms with van der Waals surface area (Å²) in [6.07, 6.45) is 10.6. The van der Waals surface area contributed by atoms with E-state index in [1.807, 2.05) is 4.90 Å². The zero-order valence-electron chi connectivity index (χ0n) is 17.6. The van der Waals surface area contributed by atoms with E-state index in [-0.39, 0.29) is 29.2 Å². The molecule has 4 saturated carbocycles. The molecule has 6 rings (SSSR count). The summed E-state index contributed by atoms with van der Waals surface area (Å²) in [7, 11) is 0. The molecule has 3 unspecified atom stereocenters. The molecule has 0 aromatic heterocycles. The number of hydrogen-bond donors (Lipinski definition) is 2. The zero-order chi connectivity index (χ0) is 19.5. The quantitative estimate of drug-likeness (QED) is 0.780. The lowest BCUT2D eigenvalue weighted by Crippen LogP contribution is -2.59. The number of carbonyl (C=O) groups excluding carboxylic acids is 2. The minimum absolute atomic E-state index is 0.124. The van der Waals surface area contributed by atoms with E-state index in [1.165, 1.54) is 32.1 Å². The summed E-state index contributed by atoms with van der Waals surface area (Å²) in [5, 5.41) is 6.94. The van der Waals surface area contributed by atoms with Crippen LogP contribution < -0.4 is 10.6 Å². The van der Waals surface area contributed by atoms with Gasteiger partial charge >= 0.3 is 0 Å².